The van der Waals surface area contributed by atoms with Crippen LogP contribution < -0.4 is 0 Å². The molecule has 0 atom stereocenters. The molecule has 0 aliphatic heterocycles. The Bertz CT molecular complexity index is 490. The highest BCUT2D eigenvalue weighted by molar-refractivity contribution is 5.73. The van der Waals surface area contributed by atoms with Gasteiger partial charge >= 0.3 is 5.97 Å². The van der Waals surface area contributed by atoms with E-state index in [1.165, 1.54) is 0 Å². The van der Waals surface area contributed by atoms with E-state index in [-0.39, 0.29) is 6.42 Å². The number of imidazole rings is 1. The molecule has 72 valence electrons. The molecule has 2 rings (SSSR count). The zero-order valence-electron chi connectivity index (χ0n) is 7.64. The van der Waals surface area contributed by atoms with Gasteiger partial charge in [0.1, 0.15) is 0 Å². The fraction of sp³-hybridized carbons (Fsp3) is 0.222. The third kappa shape index (κ3) is 1.44. The van der Waals surface area contributed by atoms with E-state index < -0.39 is 5.97 Å². The highest BCUT2D eigenvalue weighted by Gasteiger charge is 2.08. The zero-order chi connectivity index (χ0) is 10.1. The number of aryl methyl sites for hydroxylation is 1. The van der Waals surface area contributed by atoms with Crippen molar-refractivity contribution in [3.8, 4) is 0 Å². The van der Waals surface area contributed by atoms with Gasteiger partial charge in [-0.05, 0) is 13.0 Å². The van der Waals surface area contributed by atoms with Crippen molar-refractivity contribution in [2.75, 3.05) is 0 Å². The molecule has 14 heavy (non-hydrogen) atoms. The first-order chi connectivity index (χ1) is 6.66. The van der Waals surface area contributed by atoms with Gasteiger partial charge in [-0.25, -0.2) is 9.50 Å². The SMILES string of the molecule is Cc1cn2nccc(CC(=O)O)c2n1. The average Bonchev–Trinajstić information content (AvgIpc) is 2.45. The summed E-state index contributed by atoms with van der Waals surface area (Å²) in [6.07, 6.45) is 3.32. The van der Waals surface area contributed by atoms with Gasteiger partial charge in [-0.15, -0.1) is 0 Å². The van der Waals surface area contributed by atoms with Crippen LogP contribution in [0.4, 0.5) is 0 Å². The molecule has 0 aliphatic carbocycles. The Hall–Kier alpha value is -1.91. The molecule has 0 aliphatic rings. The molecule has 0 spiro atoms. The van der Waals surface area contributed by atoms with E-state index >= 15 is 0 Å². The standard InChI is InChI=1S/C9H9N3O2/c1-6-5-12-9(11-6)7(2-3-10-12)4-8(13)14/h2-3,5H,4H2,1H3,(H,13,14). The number of aromatic nitrogens is 3. The molecule has 2 heterocycles. The van der Waals surface area contributed by atoms with Gasteiger partial charge in [0.15, 0.2) is 5.65 Å². The van der Waals surface area contributed by atoms with Gasteiger partial charge in [0, 0.05) is 11.8 Å². The van der Waals surface area contributed by atoms with Gasteiger partial charge in [-0.1, -0.05) is 0 Å². The molecule has 2 aromatic heterocycles. The molecular weight excluding hydrogens is 182 g/mol. The molecule has 0 bridgehead atoms. The van der Waals surface area contributed by atoms with Crippen LogP contribution in [0.25, 0.3) is 5.65 Å². The molecule has 5 heteroatoms. The number of carboxylic acid groups (broad SMARTS) is 1. The molecule has 5 nitrogen and oxygen atoms in total. The van der Waals surface area contributed by atoms with E-state index in [0.717, 1.165) is 5.69 Å². The first-order valence-corrected chi connectivity index (χ1v) is 4.18. The zero-order valence-corrected chi connectivity index (χ0v) is 7.64. The predicted molar refractivity (Wildman–Crippen MR) is 49.1 cm³/mol. The van der Waals surface area contributed by atoms with Gasteiger partial charge in [-0.2, -0.15) is 5.10 Å². The molecule has 0 amide bonds. The minimum atomic E-state index is -0.862. The van der Waals surface area contributed by atoms with Crippen LogP contribution in [-0.2, 0) is 11.2 Å². The van der Waals surface area contributed by atoms with Gasteiger partial charge < -0.3 is 5.11 Å². The van der Waals surface area contributed by atoms with E-state index in [9.17, 15) is 4.79 Å². The maximum Gasteiger partial charge on any atom is 0.307 e. The Morgan fingerprint density at radius 1 is 1.64 bits per heavy atom. The molecule has 0 radical (unpaired) electrons. The number of fused-ring (bicyclic) bond motifs is 1. The highest BCUT2D eigenvalue weighted by Crippen LogP contribution is 2.09. The Morgan fingerprint density at radius 3 is 3.14 bits per heavy atom. The predicted octanol–water partition coefficient (Wildman–Crippen LogP) is 0.665. The van der Waals surface area contributed by atoms with Crippen LogP contribution in [0.2, 0.25) is 0 Å². The van der Waals surface area contributed by atoms with Crippen LogP contribution in [-0.4, -0.2) is 25.7 Å². The Balaban J connectivity index is 2.58. The Morgan fingerprint density at radius 2 is 2.43 bits per heavy atom. The van der Waals surface area contributed by atoms with Crippen molar-refractivity contribution in [2.24, 2.45) is 0 Å². The molecular formula is C9H9N3O2. The van der Waals surface area contributed by atoms with Gasteiger partial charge in [-0.3, -0.25) is 4.79 Å². The topological polar surface area (TPSA) is 67.5 Å². The fourth-order valence-electron chi connectivity index (χ4n) is 1.36. The van der Waals surface area contributed by atoms with Gasteiger partial charge in [0.2, 0.25) is 0 Å². The van der Waals surface area contributed by atoms with Crippen LogP contribution in [0.5, 0.6) is 0 Å². The van der Waals surface area contributed by atoms with E-state index in [4.69, 9.17) is 5.11 Å². The molecule has 0 unspecified atom stereocenters. The smallest absolute Gasteiger partial charge is 0.307 e. The number of nitrogens with zero attached hydrogens (tertiary/aromatic N) is 3. The minimum Gasteiger partial charge on any atom is -0.481 e. The van der Waals surface area contributed by atoms with Crippen molar-refractivity contribution in [3.63, 3.8) is 0 Å². The maximum absolute atomic E-state index is 10.6. The molecule has 0 fully saturated rings. The number of hydrogen-bond donors (Lipinski definition) is 1. The summed E-state index contributed by atoms with van der Waals surface area (Å²) >= 11 is 0. The number of aliphatic carboxylic acids is 1. The summed E-state index contributed by atoms with van der Waals surface area (Å²) in [5.74, 6) is -0.862. The number of rotatable bonds is 2. The van der Waals surface area contributed by atoms with Crippen molar-refractivity contribution >= 4 is 11.6 Å². The second-order valence-electron chi connectivity index (χ2n) is 3.08. The first-order valence-electron chi connectivity index (χ1n) is 4.18. The minimum absolute atomic E-state index is 0.0253. The summed E-state index contributed by atoms with van der Waals surface area (Å²) in [6.45, 7) is 1.85. The molecule has 0 aromatic carbocycles. The summed E-state index contributed by atoms with van der Waals surface area (Å²) in [6, 6.07) is 1.68. The lowest BCUT2D eigenvalue weighted by molar-refractivity contribution is -0.136. The van der Waals surface area contributed by atoms with Crippen molar-refractivity contribution in [1.29, 1.82) is 0 Å². The first kappa shape index (κ1) is 8.68. The van der Waals surface area contributed by atoms with Crippen LogP contribution in [0, 0.1) is 6.92 Å². The van der Waals surface area contributed by atoms with E-state index in [0.29, 0.717) is 11.2 Å². The third-order valence-corrected chi connectivity index (χ3v) is 1.90. The maximum atomic E-state index is 10.6. The van der Waals surface area contributed by atoms with Crippen LogP contribution >= 0.6 is 0 Å². The quantitative estimate of drug-likeness (QED) is 0.757. The lowest BCUT2D eigenvalue weighted by atomic mass is 10.2. The second-order valence-corrected chi connectivity index (χ2v) is 3.08. The number of hydrogen-bond acceptors (Lipinski definition) is 3. The number of carboxylic acids is 1. The van der Waals surface area contributed by atoms with Crippen molar-refractivity contribution < 1.29 is 9.90 Å². The lowest BCUT2D eigenvalue weighted by Gasteiger charge is -1.98. The van der Waals surface area contributed by atoms with Gasteiger partial charge in [0.25, 0.3) is 0 Å². The van der Waals surface area contributed by atoms with E-state index in [2.05, 4.69) is 10.1 Å². The van der Waals surface area contributed by atoms with Crippen LogP contribution in [0.15, 0.2) is 18.5 Å². The van der Waals surface area contributed by atoms with E-state index in [1.807, 2.05) is 6.92 Å². The highest BCUT2D eigenvalue weighted by atomic mass is 16.4. The largest absolute Gasteiger partial charge is 0.481 e. The van der Waals surface area contributed by atoms with Crippen molar-refractivity contribution in [3.05, 3.63) is 29.7 Å². The normalized spacial score (nSPS) is 10.6. The van der Waals surface area contributed by atoms with Gasteiger partial charge in [0.05, 0.1) is 18.3 Å². The molecule has 0 saturated carbocycles. The lowest BCUT2D eigenvalue weighted by Crippen LogP contribution is -2.03. The van der Waals surface area contributed by atoms with Crippen LogP contribution in [0.3, 0.4) is 0 Å². The van der Waals surface area contributed by atoms with Crippen molar-refractivity contribution in [2.45, 2.75) is 13.3 Å². The second kappa shape index (κ2) is 3.10. The van der Waals surface area contributed by atoms with Crippen LogP contribution in [0.1, 0.15) is 11.3 Å². The summed E-state index contributed by atoms with van der Waals surface area (Å²) in [7, 11) is 0. The monoisotopic (exact) mass is 191 g/mol. The summed E-state index contributed by atoms with van der Waals surface area (Å²) in [4.78, 5) is 14.8. The third-order valence-electron chi connectivity index (χ3n) is 1.90. The summed E-state index contributed by atoms with van der Waals surface area (Å²) in [5, 5.41) is 12.7. The van der Waals surface area contributed by atoms with E-state index in [1.54, 1.807) is 23.0 Å². The number of carbonyl (C=O) groups is 1. The molecule has 0 saturated heterocycles. The summed E-state index contributed by atoms with van der Waals surface area (Å²) < 4.78 is 1.59. The summed E-state index contributed by atoms with van der Waals surface area (Å²) in [5.41, 5.74) is 2.13. The Kier molecular flexibility index (Phi) is 1.92. The molecule has 1 N–H and O–H groups in total. The Labute approximate surface area is 80.0 Å². The average molecular weight is 191 g/mol. The van der Waals surface area contributed by atoms with Crippen molar-refractivity contribution in [1.82, 2.24) is 14.6 Å². The molecule has 2 aromatic rings. The fourth-order valence-corrected chi connectivity index (χ4v) is 1.36.